The maximum Gasteiger partial charge on any atom is 0.328 e. The number of piperazine rings is 1. The lowest BCUT2D eigenvalue weighted by Crippen LogP contribution is -2.48. The molecule has 0 bridgehead atoms. The number of carbonyl (C=O) groups is 1. The summed E-state index contributed by atoms with van der Waals surface area (Å²) in [4.78, 5) is 34.4. The van der Waals surface area contributed by atoms with E-state index in [9.17, 15) is 9.59 Å². The maximum absolute atomic E-state index is 12.9. The second-order valence-corrected chi connectivity index (χ2v) is 9.91. The second kappa shape index (κ2) is 10.2. The fourth-order valence-electron chi connectivity index (χ4n) is 4.88. The fraction of sp³-hybridized carbons (Fsp3) is 0.370. The van der Waals surface area contributed by atoms with E-state index in [0.717, 1.165) is 51.7 Å². The Bertz CT molecular complexity index is 1550. The van der Waals surface area contributed by atoms with Crippen LogP contribution in [0.3, 0.4) is 0 Å². The number of aromatic nitrogens is 3. The van der Waals surface area contributed by atoms with Crippen LogP contribution in [0.4, 0.5) is 10.5 Å². The van der Waals surface area contributed by atoms with Gasteiger partial charge in [-0.3, -0.25) is 14.1 Å². The number of fused-ring (bicyclic) bond motifs is 3. The van der Waals surface area contributed by atoms with Gasteiger partial charge in [-0.25, -0.2) is 9.59 Å². The van der Waals surface area contributed by atoms with E-state index < -0.39 is 0 Å². The summed E-state index contributed by atoms with van der Waals surface area (Å²) in [6, 6.07) is 9.65. The Kier molecular flexibility index (Phi) is 6.94. The van der Waals surface area contributed by atoms with Crippen LogP contribution in [-0.4, -0.2) is 76.9 Å². The molecule has 1 saturated heterocycles. The Morgan fingerprint density at radius 2 is 1.89 bits per heavy atom. The van der Waals surface area contributed by atoms with Crippen LogP contribution in [0.25, 0.3) is 33.1 Å². The van der Waals surface area contributed by atoms with Crippen LogP contribution in [0.15, 0.2) is 41.3 Å². The molecule has 2 aromatic carbocycles. The molecule has 9 nitrogen and oxygen atoms in total. The summed E-state index contributed by atoms with van der Waals surface area (Å²) >= 11 is 6.86. The summed E-state index contributed by atoms with van der Waals surface area (Å²) in [6.07, 6.45) is 1.73. The molecule has 1 aliphatic rings. The Morgan fingerprint density at radius 3 is 2.62 bits per heavy atom. The van der Waals surface area contributed by atoms with Crippen LogP contribution in [0.5, 0.6) is 0 Å². The zero-order valence-corrected chi connectivity index (χ0v) is 22.3. The number of nitrogens with one attached hydrogen (secondary N) is 1. The lowest BCUT2D eigenvalue weighted by atomic mass is 10.00. The summed E-state index contributed by atoms with van der Waals surface area (Å²) in [5, 5.41) is 4.46. The smallest absolute Gasteiger partial charge is 0.328 e. The number of aryl methyl sites for hydroxylation is 1. The predicted octanol–water partition coefficient (Wildman–Crippen LogP) is 3.94. The molecular weight excluding hydrogens is 492 g/mol. The number of ether oxygens (including phenoxy) is 1. The highest BCUT2D eigenvalue weighted by Gasteiger charge is 2.21. The third-order valence-corrected chi connectivity index (χ3v) is 7.70. The van der Waals surface area contributed by atoms with Gasteiger partial charge in [0.05, 0.1) is 40.9 Å². The average Bonchev–Trinajstić information content (AvgIpc) is 3.15. The van der Waals surface area contributed by atoms with Gasteiger partial charge in [-0.15, -0.1) is 0 Å². The number of pyridine rings is 1. The predicted molar refractivity (Wildman–Crippen MR) is 148 cm³/mol. The van der Waals surface area contributed by atoms with Crippen molar-refractivity contribution in [3.63, 3.8) is 0 Å². The highest BCUT2D eigenvalue weighted by Crippen LogP contribution is 2.36. The highest BCUT2D eigenvalue weighted by molar-refractivity contribution is 6.34. The van der Waals surface area contributed by atoms with E-state index in [1.807, 2.05) is 42.2 Å². The van der Waals surface area contributed by atoms with E-state index in [2.05, 4.69) is 22.2 Å². The molecule has 1 fully saturated rings. The summed E-state index contributed by atoms with van der Waals surface area (Å²) in [7, 11) is 5.43. The van der Waals surface area contributed by atoms with Crippen molar-refractivity contribution in [1.82, 2.24) is 23.9 Å². The molecule has 10 heteroatoms. The van der Waals surface area contributed by atoms with Crippen LogP contribution in [0, 0.1) is 6.92 Å². The molecule has 1 N–H and O–H groups in total. The number of nitrogens with zero attached hydrogens (tertiary/aromatic N) is 5. The largest absolute Gasteiger partial charge is 0.383 e. The number of hydrogen-bond donors (Lipinski definition) is 1. The minimum atomic E-state index is -0.114. The molecule has 0 aliphatic carbocycles. The first kappa shape index (κ1) is 25.3. The molecule has 0 unspecified atom stereocenters. The van der Waals surface area contributed by atoms with Gasteiger partial charge in [0.2, 0.25) is 0 Å². The molecule has 194 valence electrons. The Labute approximate surface area is 220 Å². The standard InChI is InChI=1S/C27H31ClN6O3/c1-17-21(30-26(35)33-11-9-31(2)10-12-33)8-6-19(24(17)28)18-5-7-22-20(15-18)25-23(16-29-22)32(3)27(36)34(25)13-14-37-4/h5-8,15-16H,9-14H2,1-4H3,(H,30,35). The van der Waals surface area contributed by atoms with E-state index in [1.54, 1.807) is 29.5 Å². The van der Waals surface area contributed by atoms with Gasteiger partial charge in [0.25, 0.3) is 0 Å². The summed E-state index contributed by atoms with van der Waals surface area (Å²) in [5.74, 6) is 0. The van der Waals surface area contributed by atoms with Crippen molar-refractivity contribution < 1.29 is 9.53 Å². The quantitative estimate of drug-likeness (QED) is 0.429. The normalized spacial score (nSPS) is 14.6. The Hall–Kier alpha value is -3.40. The fourth-order valence-corrected chi connectivity index (χ4v) is 5.16. The second-order valence-electron chi connectivity index (χ2n) is 9.53. The number of halogens is 1. The first-order chi connectivity index (χ1) is 17.8. The lowest BCUT2D eigenvalue weighted by molar-refractivity contribution is 0.164. The van der Waals surface area contributed by atoms with E-state index >= 15 is 0 Å². The van der Waals surface area contributed by atoms with Crippen molar-refractivity contribution in [2.45, 2.75) is 13.5 Å². The van der Waals surface area contributed by atoms with Crippen LogP contribution < -0.4 is 11.0 Å². The zero-order chi connectivity index (χ0) is 26.3. The van der Waals surface area contributed by atoms with Crippen LogP contribution >= 0.6 is 11.6 Å². The van der Waals surface area contributed by atoms with Gasteiger partial charge >= 0.3 is 11.7 Å². The Morgan fingerprint density at radius 1 is 1.14 bits per heavy atom. The number of anilines is 1. The third kappa shape index (κ3) is 4.58. The van der Waals surface area contributed by atoms with Gasteiger partial charge in [-0.1, -0.05) is 23.7 Å². The molecule has 0 radical (unpaired) electrons. The van der Waals surface area contributed by atoms with E-state index in [-0.39, 0.29) is 11.7 Å². The van der Waals surface area contributed by atoms with Crippen LogP contribution in [0.1, 0.15) is 5.56 Å². The number of imidazole rings is 1. The molecule has 3 heterocycles. The highest BCUT2D eigenvalue weighted by atomic mass is 35.5. The van der Waals surface area contributed by atoms with Crippen molar-refractivity contribution in [2.24, 2.45) is 7.05 Å². The maximum atomic E-state index is 12.9. The Balaban J connectivity index is 1.52. The summed E-state index contributed by atoms with van der Waals surface area (Å²) in [6.45, 7) is 5.88. The minimum absolute atomic E-state index is 0.110. The molecule has 37 heavy (non-hydrogen) atoms. The molecular formula is C27H31ClN6O3. The van der Waals surface area contributed by atoms with E-state index in [1.165, 1.54) is 0 Å². The monoisotopic (exact) mass is 522 g/mol. The topological polar surface area (TPSA) is 84.6 Å². The van der Waals surface area contributed by atoms with E-state index in [4.69, 9.17) is 16.3 Å². The molecule has 1 aliphatic heterocycles. The molecule has 2 aromatic heterocycles. The number of likely N-dealkylation sites (N-methyl/N-ethyl adjacent to an activating group) is 1. The van der Waals surface area contributed by atoms with Crippen LogP contribution in [0.2, 0.25) is 5.02 Å². The number of urea groups is 1. The van der Waals surface area contributed by atoms with Crippen molar-refractivity contribution in [3.05, 3.63) is 57.6 Å². The van der Waals surface area contributed by atoms with Crippen LogP contribution in [-0.2, 0) is 18.3 Å². The minimum Gasteiger partial charge on any atom is -0.383 e. The van der Waals surface area contributed by atoms with Gasteiger partial charge in [-0.2, -0.15) is 0 Å². The summed E-state index contributed by atoms with van der Waals surface area (Å²) in [5.41, 5.74) is 5.50. The van der Waals surface area contributed by atoms with Gasteiger partial charge in [0.15, 0.2) is 0 Å². The van der Waals surface area contributed by atoms with Gasteiger partial charge in [0.1, 0.15) is 0 Å². The number of hydrogen-bond acceptors (Lipinski definition) is 5. The number of carbonyl (C=O) groups excluding carboxylic acids is 1. The average molecular weight is 523 g/mol. The molecule has 0 saturated carbocycles. The number of amides is 2. The first-order valence-electron chi connectivity index (χ1n) is 12.3. The van der Waals surface area contributed by atoms with Gasteiger partial charge in [0, 0.05) is 57.0 Å². The van der Waals surface area contributed by atoms with Crippen molar-refractivity contribution in [3.8, 4) is 11.1 Å². The number of benzene rings is 2. The summed E-state index contributed by atoms with van der Waals surface area (Å²) < 4.78 is 8.58. The van der Waals surface area contributed by atoms with Crippen molar-refractivity contribution >= 4 is 45.3 Å². The molecule has 0 atom stereocenters. The number of methoxy groups -OCH3 is 1. The van der Waals surface area contributed by atoms with Crippen molar-refractivity contribution in [2.75, 3.05) is 52.3 Å². The zero-order valence-electron chi connectivity index (χ0n) is 21.5. The van der Waals surface area contributed by atoms with Gasteiger partial charge < -0.3 is 19.9 Å². The molecule has 2 amide bonds. The van der Waals surface area contributed by atoms with E-state index in [0.29, 0.717) is 37.0 Å². The molecule has 4 aromatic rings. The lowest BCUT2D eigenvalue weighted by Gasteiger charge is -2.32. The molecule has 5 rings (SSSR count). The first-order valence-corrected chi connectivity index (χ1v) is 12.7. The molecule has 0 spiro atoms. The SMILES string of the molecule is COCCn1c(=O)n(C)c2cnc3ccc(-c4ccc(NC(=O)N5CCN(C)CC5)c(C)c4Cl)cc3c21. The number of rotatable bonds is 5. The third-order valence-electron chi connectivity index (χ3n) is 7.22. The van der Waals surface area contributed by atoms with Gasteiger partial charge in [-0.05, 0) is 43.3 Å². The van der Waals surface area contributed by atoms with Crippen molar-refractivity contribution in [1.29, 1.82) is 0 Å².